The third kappa shape index (κ3) is 4.06. The largest absolute Gasteiger partial charge is 0.454 e. The Hall–Kier alpha value is -1.20. The van der Waals surface area contributed by atoms with Crippen LogP contribution in [0.2, 0.25) is 10.0 Å². The van der Waals surface area contributed by atoms with Crippen molar-refractivity contribution in [3.63, 3.8) is 0 Å². The summed E-state index contributed by atoms with van der Waals surface area (Å²) < 4.78 is 13.3. The molecular weight excluding hydrogens is 479 g/mol. The van der Waals surface area contributed by atoms with Crippen LogP contribution in [0.15, 0.2) is 69.6 Å². The number of ether oxygens (including phenoxy) is 2. The van der Waals surface area contributed by atoms with Gasteiger partial charge in [-0.25, -0.2) is 0 Å². The highest BCUT2D eigenvalue weighted by Crippen LogP contribution is 2.42. The van der Waals surface area contributed by atoms with Gasteiger partial charge < -0.3 is 9.47 Å². The van der Waals surface area contributed by atoms with Crippen LogP contribution in [-0.2, 0) is 0 Å². The molecule has 0 amide bonds. The summed E-state index contributed by atoms with van der Waals surface area (Å²) in [6.45, 7) is 0. The van der Waals surface area contributed by atoms with Crippen molar-refractivity contribution in [1.29, 1.82) is 0 Å². The van der Waals surface area contributed by atoms with Crippen molar-refractivity contribution in [1.82, 2.24) is 0 Å². The molecule has 0 N–H and O–H groups in total. The molecule has 0 atom stereocenters. The van der Waals surface area contributed by atoms with Gasteiger partial charge in [0.25, 0.3) is 0 Å². The van der Waals surface area contributed by atoms with Crippen LogP contribution >= 0.6 is 55.1 Å². The molecule has 3 rings (SSSR count). The molecule has 0 aromatic heterocycles. The second-order valence-electron chi connectivity index (χ2n) is 4.78. The van der Waals surface area contributed by atoms with Gasteiger partial charge in [-0.05, 0) is 62.2 Å². The van der Waals surface area contributed by atoms with Gasteiger partial charge >= 0.3 is 0 Å². The summed E-state index contributed by atoms with van der Waals surface area (Å²) in [6.07, 6.45) is 0. The first-order valence-electron chi connectivity index (χ1n) is 6.88. The minimum absolute atomic E-state index is 0.529. The van der Waals surface area contributed by atoms with E-state index in [1.807, 2.05) is 30.3 Å². The van der Waals surface area contributed by atoms with E-state index in [2.05, 4.69) is 31.9 Å². The summed E-state index contributed by atoms with van der Waals surface area (Å²) >= 11 is 19.3. The lowest BCUT2D eigenvalue weighted by atomic mass is 10.3. The van der Waals surface area contributed by atoms with E-state index in [4.69, 9.17) is 32.7 Å². The lowest BCUT2D eigenvalue weighted by molar-refractivity contribution is 0.456. The molecule has 0 saturated carbocycles. The van der Waals surface area contributed by atoms with Crippen molar-refractivity contribution in [2.75, 3.05) is 0 Å². The quantitative estimate of drug-likeness (QED) is 0.369. The van der Waals surface area contributed by atoms with E-state index >= 15 is 0 Å². The van der Waals surface area contributed by atoms with Crippen molar-refractivity contribution >= 4 is 55.1 Å². The third-order valence-corrected chi connectivity index (χ3v) is 4.96. The van der Waals surface area contributed by atoms with Gasteiger partial charge in [0.05, 0.1) is 19.0 Å². The van der Waals surface area contributed by atoms with Crippen LogP contribution in [0.5, 0.6) is 23.0 Å². The average Bonchev–Trinajstić information content (AvgIpc) is 2.56. The van der Waals surface area contributed by atoms with Crippen LogP contribution in [0.1, 0.15) is 0 Å². The summed E-state index contributed by atoms with van der Waals surface area (Å²) in [5.41, 5.74) is 0. The maximum absolute atomic E-state index is 6.15. The molecule has 122 valence electrons. The molecule has 0 saturated heterocycles. The van der Waals surface area contributed by atoms with Gasteiger partial charge in [0, 0.05) is 6.07 Å². The summed E-state index contributed by atoms with van der Waals surface area (Å²) in [7, 11) is 0. The van der Waals surface area contributed by atoms with Crippen molar-refractivity contribution in [3.05, 3.63) is 79.7 Å². The van der Waals surface area contributed by atoms with Crippen LogP contribution in [0.25, 0.3) is 0 Å². The fraction of sp³-hybridized carbons (Fsp3) is 0. The molecule has 0 aliphatic rings. The molecule has 0 aliphatic carbocycles. The lowest BCUT2D eigenvalue weighted by Gasteiger charge is -2.14. The maximum Gasteiger partial charge on any atom is 0.146 e. The molecule has 0 aliphatic heterocycles. The standard InChI is InChI=1S/C18H10Br2Cl2O2/c19-11-9-12(20)18(24-16-8-4-2-6-14(16)22)10-17(11)23-15-7-3-1-5-13(15)21/h1-10H. The molecule has 0 radical (unpaired) electrons. The van der Waals surface area contributed by atoms with Crippen molar-refractivity contribution in [2.24, 2.45) is 0 Å². The Morgan fingerprint density at radius 2 is 1.00 bits per heavy atom. The minimum Gasteiger partial charge on any atom is -0.454 e. The van der Waals surface area contributed by atoms with Gasteiger partial charge in [0.2, 0.25) is 0 Å². The van der Waals surface area contributed by atoms with Crippen molar-refractivity contribution in [2.45, 2.75) is 0 Å². The average molecular weight is 489 g/mol. The minimum atomic E-state index is 0.529. The van der Waals surface area contributed by atoms with Crippen LogP contribution in [0, 0.1) is 0 Å². The zero-order valence-electron chi connectivity index (χ0n) is 12.1. The number of rotatable bonds is 4. The maximum atomic E-state index is 6.15. The number of benzene rings is 3. The molecule has 2 nitrogen and oxygen atoms in total. The highest BCUT2D eigenvalue weighted by Gasteiger charge is 2.13. The van der Waals surface area contributed by atoms with E-state index in [-0.39, 0.29) is 0 Å². The van der Waals surface area contributed by atoms with Gasteiger partial charge in [-0.1, -0.05) is 47.5 Å². The van der Waals surface area contributed by atoms with E-state index in [9.17, 15) is 0 Å². The molecule has 0 heterocycles. The van der Waals surface area contributed by atoms with E-state index in [1.165, 1.54) is 0 Å². The molecule has 0 bridgehead atoms. The monoisotopic (exact) mass is 486 g/mol. The third-order valence-electron chi connectivity index (χ3n) is 3.10. The lowest BCUT2D eigenvalue weighted by Crippen LogP contribution is -1.91. The van der Waals surface area contributed by atoms with Crippen molar-refractivity contribution in [3.8, 4) is 23.0 Å². The van der Waals surface area contributed by atoms with Gasteiger partial charge in [0.1, 0.15) is 23.0 Å². The molecular formula is C18H10Br2Cl2O2. The van der Waals surface area contributed by atoms with E-state index in [1.54, 1.807) is 30.3 Å². The predicted molar refractivity (Wildman–Crippen MR) is 105 cm³/mol. The highest BCUT2D eigenvalue weighted by molar-refractivity contribution is 9.11. The second kappa shape index (κ2) is 7.79. The molecule has 0 spiro atoms. The Bertz CT molecular complexity index is 816. The molecule has 3 aromatic rings. The Morgan fingerprint density at radius 1 is 0.583 bits per heavy atom. The van der Waals surface area contributed by atoms with Gasteiger partial charge in [-0.2, -0.15) is 0 Å². The number of para-hydroxylation sites is 2. The zero-order chi connectivity index (χ0) is 17.1. The zero-order valence-corrected chi connectivity index (χ0v) is 16.8. The molecule has 0 fully saturated rings. The first-order chi connectivity index (χ1) is 11.5. The van der Waals surface area contributed by atoms with Gasteiger partial charge in [0.15, 0.2) is 0 Å². The topological polar surface area (TPSA) is 18.5 Å². The number of hydrogen-bond acceptors (Lipinski definition) is 2. The fourth-order valence-electron chi connectivity index (χ4n) is 1.96. The Morgan fingerprint density at radius 3 is 1.42 bits per heavy atom. The Balaban J connectivity index is 1.94. The van der Waals surface area contributed by atoms with Crippen LogP contribution in [0.4, 0.5) is 0 Å². The highest BCUT2D eigenvalue weighted by atomic mass is 79.9. The first-order valence-corrected chi connectivity index (χ1v) is 9.22. The summed E-state index contributed by atoms with van der Waals surface area (Å²) in [4.78, 5) is 0. The van der Waals surface area contributed by atoms with Crippen LogP contribution in [-0.4, -0.2) is 0 Å². The van der Waals surface area contributed by atoms with Crippen LogP contribution < -0.4 is 9.47 Å². The molecule has 24 heavy (non-hydrogen) atoms. The SMILES string of the molecule is Clc1ccccc1Oc1cc(Oc2ccccc2Cl)c(Br)cc1Br. The Labute approximate surface area is 166 Å². The first kappa shape index (κ1) is 17.6. The summed E-state index contributed by atoms with van der Waals surface area (Å²) in [5, 5.41) is 1.06. The normalized spacial score (nSPS) is 10.5. The molecule has 6 heteroatoms. The smallest absolute Gasteiger partial charge is 0.146 e. The van der Waals surface area contributed by atoms with E-state index in [0.29, 0.717) is 33.0 Å². The summed E-state index contributed by atoms with van der Waals surface area (Å²) in [5.74, 6) is 2.28. The predicted octanol–water partition coefficient (Wildman–Crippen LogP) is 8.10. The van der Waals surface area contributed by atoms with E-state index in [0.717, 1.165) is 8.95 Å². The van der Waals surface area contributed by atoms with Gasteiger partial charge in [-0.15, -0.1) is 0 Å². The fourth-order valence-corrected chi connectivity index (χ4v) is 3.46. The summed E-state index contributed by atoms with van der Waals surface area (Å²) in [6, 6.07) is 18.1. The Kier molecular flexibility index (Phi) is 5.72. The van der Waals surface area contributed by atoms with Crippen LogP contribution in [0.3, 0.4) is 0 Å². The molecule has 3 aromatic carbocycles. The number of halogens is 4. The second-order valence-corrected chi connectivity index (χ2v) is 7.30. The van der Waals surface area contributed by atoms with Gasteiger partial charge in [-0.3, -0.25) is 0 Å². The molecule has 0 unspecified atom stereocenters. The van der Waals surface area contributed by atoms with E-state index < -0.39 is 0 Å². The number of hydrogen-bond donors (Lipinski definition) is 0. The van der Waals surface area contributed by atoms with Crippen molar-refractivity contribution < 1.29 is 9.47 Å².